The molecule has 0 bridgehead atoms. The first-order chi connectivity index (χ1) is 11.8. The first-order valence-electron chi connectivity index (χ1n) is 9.05. The number of aromatic hydroxyl groups is 1. The number of phenolic OH excluding ortho intramolecular Hbond substituents is 1. The topological polar surface area (TPSA) is 90.2 Å². The zero-order chi connectivity index (χ0) is 17.9. The number of ether oxygens (including phenoxy) is 1. The van der Waals surface area contributed by atoms with Gasteiger partial charge in [0.2, 0.25) is 0 Å². The van der Waals surface area contributed by atoms with Crippen molar-refractivity contribution in [1.82, 2.24) is 0 Å². The first kappa shape index (κ1) is 16.9. The molecule has 5 nitrogen and oxygen atoms in total. The smallest absolute Gasteiger partial charge is 0.152 e. The molecule has 1 aromatic carbocycles. The van der Waals surface area contributed by atoms with Gasteiger partial charge in [0.15, 0.2) is 6.29 Å². The molecule has 0 aromatic heterocycles. The summed E-state index contributed by atoms with van der Waals surface area (Å²) >= 11 is 0. The Morgan fingerprint density at radius 1 is 1.28 bits per heavy atom. The minimum Gasteiger partial charge on any atom is -0.510 e. The minimum atomic E-state index is -0.950. The molecule has 25 heavy (non-hydrogen) atoms. The fourth-order valence-electron chi connectivity index (χ4n) is 5.52. The largest absolute Gasteiger partial charge is 0.510 e. The Kier molecular flexibility index (Phi) is 3.87. The fourth-order valence-corrected chi connectivity index (χ4v) is 5.52. The van der Waals surface area contributed by atoms with Crippen molar-refractivity contribution in [3.8, 4) is 5.75 Å². The van der Waals surface area contributed by atoms with Crippen LogP contribution in [0.1, 0.15) is 43.7 Å². The summed E-state index contributed by atoms with van der Waals surface area (Å²) in [6.45, 7) is 3.63. The van der Waals surface area contributed by atoms with Gasteiger partial charge in [-0.25, -0.2) is 0 Å². The van der Waals surface area contributed by atoms with Crippen molar-refractivity contribution in [2.24, 2.45) is 17.3 Å². The molecule has 0 aliphatic heterocycles. The van der Waals surface area contributed by atoms with Crippen molar-refractivity contribution in [1.29, 1.82) is 0 Å². The third-order valence-corrected chi connectivity index (χ3v) is 6.59. The molecule has 0 spiro atoms. The van der Waals surface area contributed by atoms with E-state index in [-0.39, 0.29) is 34.7 Å². The average Bonchev–Trinajstić information content (AvgIpc) is 2.78. The quantitative estimate of drug-likeness (QED) is 0.618. The molecule has 0 saturated heterocycles. The zero-order valence-electron chi connectivity index (χ0n) is 14.6. The van der Waals surface area contributed by atoms with Gasteiger partial charge in [0.1, 0.15) is 17.6 Å². The molecule has 3 aliphatic rings. The number of aliphatic hydroxyl groups excluding tert-OH is 3. The number of phenols is 1. The van der Waals surface area contributed by atoms with Crippen LogP contribution in [0.3, 0.4) is 0 Å². The number of fused-ring (bicyclic) bond motifs is 5. The van der Waals surface area contributed by atoms with Gasteiger partial charge >= 0.3 is 0 Å². The highest BCUT2D eigenvalue weighted by molar-refractivity contribution is 5.42. The predicted octanol–water partition coefficient (Wildman–Crippen LogP) is 2.60. The highest BCUT2D eigenvalue weighted by Crippen LogP contribution is 2.60. The van der Waals surface area contributed by atoms with Crippen molar-refractivity contribution >= 4 is 0 Å². The SMILES string of the molecule is CC(O)O[C@H]1C(O)=CC2C3C(CC[C@@]21C)c1ccc(O)cc1C[C@@H]3O. The monoisotopic (exact) mass is 346 g/mol. The highest BCUT2D eigenvalue weighted by Gasteiger charge is 2.58. The Hall–Kier alpha value is -1.56. The summed E-state index contributed by atoms with van der Waals surface area (Å²) in [5.74, 6) is 0.589. The lowest BCUT2D eigenvalue weighted by Gasteiger charge is -2.52. The Bertz CT molecular complexity index is 712. The summed E-state index contributed by atoms with van der Waals surface area (Å²) in [5, 5.41) is 40.7. The molecule has 1 fully saturated rings. The van der Waals surface area contributed by atoms with Crippen LogP contribution in [0, 0.1) is 17.3 Å². The maximum Gasteiger partial charge on any atom is 0.152 e. The molecule has 7 atom stereocenters. The Balaban J connectivity index is 1.72. The lowest BCUT2D eigenvalue weighted by atomic mass is 9.54. The van der Waals surface area contributed by atoms with Gasteiger partial charge in [0.05, 0.1) is 6.10 Å². The number of allylic oxidation sites excluding steroid dienone is 1. The van der Waals surface area contributed by atoms with E-state index in [1.165, 1.54) is 5.56 Å². The summed E-state index contributed by atoms with van der Waals surface area (Å²) in [6.07, 6.45) is 2.04. The lowest BCUT2D eigenvalue weighted by molar-refractivity contribution is -0.170. The third kappa shape index (κ3) is 2.48. The van der Waals surface area contributed by atoms with Gasteiger partial charge in [-0.05, 0) is 73.3 Å². The summed E-state index contributed by atoms with van der Waals surface area (Å²) in [6, 6.07) is 5.44. The molecule has 1 aromatic rings. The van der Waals surface area contributed by atoms with E-state index in [0.717, 1.165) is 18.4 Å². The molecule has 4 rings (SSSR count). The standard InChI is InChI=1S/C20H26O5/c1-10(21)25-19-17(24)9-15-18-14(5-6-20(15,19)2)13-4-3-12(22)7-11(13)8-16(18)23/h3-4,7,9-10,14-16,18-19,21-24H,5-6,8H2,1-2H3/t10?,14?,15?,16-,18?,19-,20-/m0/s1. The highest BCUT2D eigenvalue weighted by atomic mass is 16.6. The molecule has 0 radical (unpaired) electrons. The van der Waals surface area contributed by atoms with E-state index in [1.54, 1.807) is 19.1 Å². The summed E-state index contributed by atoms with van der Waals surface area (Å²) < 4.78 is 5.62. The molecule has 4 N–H and O–H groups in total. The maximum atomic E-state index is 10.9. The van der Waals surface area contributed by atoms with Crippen LogP contribution in [-0.2, 0) is 11.2 Å². The second kappa shape index (κ2) is 5.73. The molecule has 4 unspecified atom stereocenters. The van der Waals surface area contributed by atoms with E-state index in [1.807, 2.05) is 12.1 Å². The van der Waals surface area contributed by atoms with Gasteiger partial charge in [0, 0.05) is 5.41 Å². The van der Waals surface area contributed by atoms with E-state index in [9.17, 15) is 20.4 Å². The summed E-state index contributed by atoms with van der Waals surface area (Å²) in [5.41, 5.74) is 1.88. The molecule has 0 amide bonds. The molecule has 5 heteroatoms. The minimum absolute atomic E-state index is 0.000502. The van der Waals surface area contributed by atoms with Gasteiger partial charge in [-0.2, -0.15) is 0 Å². The van der Waals surface area contributed by atoms with Crippen LogP contribution >= 0.6 is 0 Å². The van der Waals surface area contributed by atoms with E-state index in [2.05, 4.69) is 6.92 Å². The fraction of sp³-hybridized carbons (Fsp3) is 0.600. The van der Waals surface area contributed by atoms with Crippen LogP contribution in [0.15, 0.2) is 30.0 Å². The van der Waals surface area contributed by atoms with Gasteiger partial charge in [-0.1, -0.05) is 13.0 Å². The first-order valence-corrected chi connectivity index (χ1v) is 9.05. The Labute approximate surface area is 147 Å². The third-order valence-electron chi connectivity index (χ3n) is 6.59. The number of hydrogen-bond donors (Lipinski definition) is 4. The van der Waals surface area contributed by atoms with Crippen LogP contribution in [-0.4, -0.2) is 38.9 Å². The molecule has 136 valence electrons. The van der Waals surface area contributed by atoms with Crippen molar-refractivity contribution < 1.29 is 25.2 Å². The van der Waals surface area contributed by atoms with Gasteiger partial charge < -0.3 is 25.2 Å². The molecular formula is C20H26O5. The Morgan fingerprint density at radius 2 is 2.04 bits per heavy atom. The van der Waals surface area contributed by atoms with Crippen molar-refractivity contribution in [2.45, 2.75) is 57.5 Å². The van der Waals surface area contributed by atoms with Crippen molar-refractivity contribution in [3.05, 3.63) is 41.2 Å². The number of aliphatic hydroxyl groups is 3. The number of hydrogen-bond acceptors (Lipinski definition) is 5. The Morgan fingerprint density at radius 3 is 2.76 bits per heavy atom. The molecule has 3 aliphatic carbocycles. The predicted molar refractivity (Wildman–Crippen MR) is 92.1 cm³/mol. The number of benzene rings is 1. The van der Waals surface area contributed by atoms with E-state index >= 15 is 0 Å². The molecule has 0 heterocycles. The van der Waals surface area contributed by atoms with Crippen LogP contribution in [0.4, 0.5) is 0 Å². The van der Waals surface area contributed by atoms with Gasteiger partial charge in [0.25, 0.3) is 0 Å². The maximum absolute atomic E-state index is 10.9. The summed E-state index contributed by atoms with van der Waals surface area (Å²) in [7, 11) is 0. The average molecular weight is 346 g/mol. The van der Waals surface area contributed by atoms with Gasteiger partial charge in [-0.3, -0.25) is 0 Å². The molecular weight excluding hydrogens is 320 g/mol. The van der Waals surface area contributed by atoms with Crippen LogP contribution in [0.2, 0.25) is 0 Å². The zero-order valence-corrected chi connectivity index (χ0v) is 14.6. The van der Waals surface area contributed by atoms with Crippen molar-refractivity contribution in [2.75, 3.05) is 0 Å². The van der Waals surface area contributed by atoms with E-state index < -0.39 is 18.5 Å². The normalized spacial score (nSPS) is 40.6. The lowest BCUT2D eigenvalue weighted by Crippen LogP contribution is -2.50. The second-order valence-corrected chi connectivity index (χ2v) is 8.12. The van der Waals surface area contributed by atoms with Crippen LogP contribution < -0.4 is 0 Å². The number of rotatable bonds is 2. The summed E-state index contributed by atoms with van der Waals surface area (Å²) in [4.78, 5) is 0. The van der Waals surface area contributed by atoms with E-state index in [0.29, 0.717) is 6.42 Å². The van der Waals surface area contributed by atoms with E-state index in [4.69, 9.17) is 4.74 Å². The van der Waals surface area contributed by atoms with Crippen molar-refractivity contribution in [3.63, 3.8) is 0 Å². The second-order valence-electron chi connectivity index (χ2n) is 8.12. The van der Waals surface area contributed by atoms with Crippen LogP contribution in [0.25, 0.3) is 0 Å². The van der Waals surface area contributed by atoms with Crippen LogP contribution in [0.5, 0.6) is 5.75 Å². The van der Waals surface area contributed by atoms with Gasteiger partial charge in [-0.15, -0.1) is 0 Å². The molecule has 1 saturated carbocycles.